The Morgan fingerprint density at radius 3 is 2.40 bits per heavy atom. The predicted octanol–water partition coefficient (Wildman–Crippen LogP) is 0.232. The van der Waals surface area contributed by atoms with Crippen LogP contribution in [0.1, 0.15) is 20.8 Å². The van der Waals surface area contributed by atoms with Gasteiger partial charge in [-0.1, -0.05) is 13.8 Å². The zero-order valence-corrected chi connectivity index (χ0v) is 12.8. The molecule has 20 heavy (non-hydrogen) atoms. The number of hydrogen-bond acceptors (Lipinski definition) is 5. The zero-order chi connectivity index (χ0) is 15.4. The van der Waals surface area contributed by atoms with Crippen molar-refractivity contribution >= 4 is 11.5 Å². The summed E-state index contributed by atoms with van der Waals surface area (Å²) >= 11 is 0. The molecule has 0 fully saturated rings. The lowest BCUT2D eigenvalue weighted by Gasteiger charge is -2.18. The van der Waals surface area contributed by atoms with Crippen LogP contribution < -0.4 is 22.3 Å². The molecular formula is C13H24N4O3. The van der Waals surface area contributed by atoms with Gasteiger partial charge in [0.2, 0.25) is 0 Å². The fraction of sp³-hybridized carbons (Fsp3) is 0.692. The van der Waals surface area contributed by atoms with Gasteiger partial charge in [0.25, 0.3) is 5.56 Å². The molecule has 0 saturated heterocycles. The molecule has 0 aliphatic carbocycles. The van der Waals surface area contributed by atoms with E-state index in [1.165, 1.54) is 11.6 Å². The summed E-state index contributed by atoms with van der Waals surface area (Å²) in [4.78, 5) is 24.2. The standard InChI is InChI=1S/C13H24N4O3/c1-8(2)7-17-11(14)10(15-6-9(3)20-5)12(18)16(4)13(17)19/h8-9,15H,6-7,14H2,1-5H3. The van der Waals surface area contributed by atoms with Crippen LogP contribution in [0.15, 0.2) is 9.59 Å². The first-order valence-electron chi connectivity index (χ1n) is 6.65. The molecule has 0 radical (unpaired) electrons. The minimum absolute atomic E-state index is 0.0652. The van der Waals surface area contributed by atoms with Crippen LogP contribution in [0.2, 0.25) is 0 Å². The van der Waals surface area contributed by atoms with E-state index in [-0.39, 0.29) is 23.5 Å². The first kappa shape index (κ1) is 16.3. The Bertz CT molecular complexity index is 574. The summed E-state index contributed by atoms with van der Waals surface area (Å²) in [6.45, 7) is 6.75. The second kappa shape index (κ2) is 6.60. The van der Waals surface area contributed by atoms with E-state index < -0.39 is 11.2 Å². The van der Waals surface area contributed by atoms with Crippen molar-refractivity contribution < 1.29 is 4.74 Å². The minimum Gasteiger partial charge on any atom is -0.383 e. The van der Waals surface area contributed by atoms with Crippen LogP contribution in [0.3, 0.4) is 0 Å². The topological polar surface area (TPSA) is 91.3 Å². The number of anilines is 2. The van der Waals surface area contributed by atoms with Crippen molar-refractivity contribution in [3.63, 3.8) is 0 Å². The predicted molar refractivity (Wildman–Crippen MR) is 80.2 cm³/mol. The maximum Gasteiger partial charge on any atom is 0.332 e. The molecule has 3 N–H and O–H groups in total. The minimum atomic E-state index is -0.421. The van der Waals surface area contributed by atoms with Crippen LogP contribution in [-0.4, -0.2) is 28.9 Å². The summed E-state index contributed by atoms with van der Waals surface area (Å²) in [5.74, 6) is 0.424. The monoisotopic (exact) mass is 284 g/mol. The fourth-order valence-corrected chi connectivity index (χ4v) is 1.82. The molecule has 7 heteroatoms. The molecule has 0 aliphatic rings. The third-order valence-electron chi connectivity index (χ3n) is 3.10. The molecule has 114 valence electrons. The van der Waals surface area contributed by atoms with Gasteiger partial charge in [0.15, 0.2) is 0 Å². The van der Waals surface area contributed by atoms with Gasteiger partial charge in [-0.2, -0.15) is 0 Å². The molecule has 1 unspecified atom stereocenters. The lowest BCUT2D eigenvalue weighted by molar-refractivity contribution is 0.129. The third-order valence-corrected chi connectivity index (χ3v) is 3.10. The first-order valence-corrected chi connectivity index (χ1v) is 6.65. The normalized spacial score (nSPS) is 12.7. The van der Waals surface area contributed by atoms with Crippen molar-refractivity contribution in [1.29, 1.82) is 0 Å². The number of methoxy groups -OCH3 is 1. The van der Waals surface area contributed by atoms with Gasteiger partial charge in [0.05, 0.1) is 6.10 Å². The van der Waals surface area contributed by atoms with Crippen molar-refractivity contribution in [2.45, 2.75) is 33.4 Å². The number of hydrogen-bond donors (Lipinski definition) is 2. The highest BCUT2D eigenvalue weighted by Gasteiger charge is 2.16. The summed E-state index contributed by atoms with van der Waals surface area (Å²) in [6.07, 6.45) is -0.0652. The Kier molecular flexibility index (Phi) is 5.38. The van der Waals surface area contributed by atoms with Crippen LogP contribution in [0.5, 0.6) is 0 Å². The van der Waals surface area contributed by atoms with Gasteiger partial charge < -0.3 is 15.8 Å². The van der Waals surface area contributed by atoms with Crippen LogP contribution >= 0.6 is 0 Å². The lowest BCUT2D eigenvalue weighted by atomic mass is 10.2. The first-order chi connectivity index (χ1) is 9.29. The Morgan fingerprint density at radius 1 is 1.30 bits per heavy atom. The number of rotatable bonds is 6. The average molecular weight is 284 g/mol. The van der Waals surface area contributed by atoms with Gasteiger partial charge in [-0.15, -0.1) is 0 Å². The van der Waals surface area contributed by atoms with E-state index in [0.29, 0.717) is 13.1 Å². The van der Waals surface area contributed by atoms with E-state index in [9.17, 15) is 9.59 Å². The summed E-state index contributed by atoms with van der Waals surface area (Å²) < 4.78 is 7.61. The van der Waals surface area contributed by atoms with Crippen molar-refractivity contribution in [3.05, 3.63) is 20.8 Å². The molecule has 1 atom stereocenters. The smallest absolute Gasteiger partial charge is 0.332 e. The van der Waals surface area contributed by atoms with Crippen molar-refractivity contribution in [2.75, 3.05) is 24.7 Å². The van der Waals surface area contributed by atoms with E-state index in [1.54, 1.807) is 7.11 Å². The Labute approximate surface area is 118 Å². The summed E-state index contributed by atoms with van der Waals surface area (Å²) in [5, 5.41) is 2.97. The Morgan fingerprint density at radius 2 is 1.90 bits per heavy atom. The number of nitrogen functional groups attached to an aromatic ring is 1. The molecule has 0 aliphatic heterocycles. The molecule has 0 bridgehead atoms. The van der Waals surface area contributed by atoms with Crippen LogP contribution in [-0.2, 0) is 18.3 Å². The zero-order valence-electron chi connectivity index (χ0n) is 12.8. The second-order valence-electron chi connectivity index (χ2n) is 5.34. The largest absolute Gasteiger partial charge is 0.383 e. The highest BCUT2D eigenvalue weighted by Crippen LogP contribution is 2.12. The van der Waals surface area contributed by atoms with Gasteiger partial charge in [0.1, 0.15) is 11.5 Å². The molecule has 0 spiro atoms. The van der Waals surface area contributed by atoms with Crippen molar-refractivity contribution in [2.24, 2.45) is 13.0 Å². The number of nitrogens with two attached hydrogens (primary N) is 1. The van der Waals surface area contributed by atoms with Crippen molar-refractivity contribution in [1.82, 2.24) is 9.13 Å². The quantitative estimate of drug-likeness (QED) is 0.780. The Hall–Kier alpha value is -1.76. The van der Waals surface area contributed by atoms with Crippen LogP contribution in [0.4, 0.5) is 11.5 Å². The molecule has 1 rings (SSSR count). The van der Waals surface area contributed by atoms with Gasteiger partial charge in [-0.05, 0) is 12.8 Å². The molecule has 7 nitrogen and oxygen atoms in total. The maximum atomic E-state index is 12.1. The molecule has 1 aromatic rings. The highest BCUT2D eigenvalue weighted by atomic mass is 16.5. The molecule has 0 amide bonds. The van der Waals surface area contributed by atoms with E-state index in [4.69, 9.17) is 10.5 Å². The van der Waals surface area contributed by atoms with E-state index in [2.05, 4.69) is 5.32 Å². The highest BCUT2D eigenvalue weighted by molar-refractivity contribution is 5.60. The summed E-state index contributed by atoms with van der Waals surface area (Å²) in [5.41, 5.74) is 5.41. The number of nitrogens with one attached hydrogen (secondary N) is 1. The molecule has 1 heterocycles. The van der Waals surface area contributed by atoms with E-state index in [0.717, 1.165) is 4.57 Å². The van der Waals surface area contributed by atoms with E-state index >= 15 is 0 Å². The lowest BCUT2D eigenvalue weighted by Crippen LogP contribution is -2.42. The SMILES string of the molecule is COC(C)CNc1c(N)n(CC(C)C)c(=O)n(C)c1=O. The third kappa shape index (κ3) is 3.41. The van der Waals surface area contributed by atoms with Gasteiger partial charge >= 0.3 is 5.69 Å². The Balaban J connectivity index is 3.27. The van der Waals surface area contributed by atoms with Crippen molar-refractivity contribution in [3.8, 4) is 0 Å². The maximum absolute atomic E-state index is 12.1. The second-order valence-corrected chi connectivity index (χ2v) is 5.34. The van der Waals surface area contributed by atoms with Gasteiger partial charge in [-0.25, -0.2) is 4.79 Å². The van der Waals surface area contributed by atoms with Gasteiger partial charge in [0, 0.05) is 27.2 Å². The fourth-order valence-electron chi connectivity index (χ4n) is 1.82. The summed E-state index contributed by atoms with van der Waals surface area (Å²) in [7, 11) is 3.04. The molecule has 0 aromatic carbocycles. The number of nitrogens with zero attached hydrogens (tertiary/aromatic N) is 2. The van der Waals surface area contributed by atoms with Crippen LogP contribution in [0, 0.1) is 5.92 Å². The van der Waals surface area contributed by atoms with E-state index in [1.807, 2.05) is 20.8 Å². The average Bonchev–Trinajstić information content (AvgIpc) is 2.40. The van der Waals surface area contributed by atoms with Gasteiger partial charge in [-0.3, -0.25) is 13.9 Å². The molecule has 1 aromatic heterocycles. The molecular weight excluding hydrogens is 260 g/mol. The van der Waals surface area contributed by atoms with Crippen LogP contribution in [0.25, 0.3) is 0 Å². The molecule has 0 saturated carbocycles. The number of aromatic nitrogens is 2. The number of ether oxygens (including phenoxy) is 1. The summed E-state index contributed by atoms with van der Waals surface area (Å²) in [6, 6.07) is 0.